The summed E-state index contributed by atoms with van der Waals surface area (Å²) in [5, 5.41) is 27.5. The standard InChI is InChI=1S/C22H31N5O4/c1-4-5-6-25-15-9-14(10-16(11-15)26(23)8-7-24-3)17-12-18-19(13(2)28)21(29)27(18)20(17)22(30)31/h7-11,13,18-19,24-25,28H,4-6,12,23H2,1-3H3,(H,30,31)/b8-7-/t13-,18?,19-/m1/s1. The molecule has 0 saturated carbocycles. The smallest absolute Gasteiger partial charge is 0.352 e. The third-order valence-corrected chi connectivity index (χ3v) is 5.76. The second kappa shape index (κ2) is 9.40. The number of unbranched alkanes of at least 4 members (excludes halogenated alkanes) is 1. The van der Waals surface area contributed by atoms with Gasteiger partial charge in [-0.1, -0.05) is 13.3 Å². The summed E-state index contributed by atoms with van der Waals surface area (Å²) in [5.41, 5.74) is 2.74. The van der Waals surface area contributed by atoms with Crippen molar-refractivity contribution in [1.29, 1.82) is 0 Å². The monoisotopic (exact) mass is 429 g/mol. The number of amides is 1. The molecule has 1 aromatic rings. The first-order chi connectivity index (χ1) is 14.8. The van der Waals surface area contributed by atoms with Gasteiger partial charge in [0.25, 0.3) is 0 Å². The maximum absolute atomic E-state index is 12.5. The molecule has 0 bridgehead atoms. The third kappa shape index (κ3) is 4.38. The Bertz CT molecular complexity index is 911. The van der Waals surface area contributed by atoms with E-state index in [4.69, 9.17) is 5.84 Å². The lowest BCUT2D eigenvalue weighted by atomic mass is 9.82. The van der Waals surface area contributed by atoms with E-state index in [9.17, 15) is 19.8 Å². The summed E-state index contributed by atoms with van der Waals surface area (Å²) in [4.78, 5) is 25.9. The second-order valence-electron chi connectivity index (χ2n) is 7.94. The zero-order valence-electron chi connectivity index (χ0n) is 18.1. The van der Waals surface area contributed by atoms with Crippen molar-refractivity contribution in [2.75, 3.05) is 23.9 Å². The zero-order valence-corrected chi connectivity index (χ0v) is 18.1. The lowest BCUT2D eigenvalue weighted by Gasteiger charge is -2.44. The van der Waals surface area contributed by atoms with Crippen LogP contribution in [0, 0.1) is 5.92 Å². The van der Waals surface area contributed by atoms with Gasteiger partial charge in [0.2, 0.25) is 5.91 Å². The van der Waals surface area contributed by atoms with E-state index in [1.807, 2.05) is 18.2 Å². The number of carboxylic acid groups (broad SMARTS) is 1. The van der Waals surface area contributed by atoms with E-state index in [1.165, 1.54) is 9.91 Å². The van der Waals surface area contributed by atoms with Crippen LogP contribution in [0.4, 0.5) is 11.4 Å². The number of nitrogens with zero attached hydrogens (tertiary/aromatic N) is 2. The number of rotatable bonds is 10. The summed E-state index contributed by atoms with van der Waals surface area (Å²) in [6.45, 7) is 4.45. The minimum atomic E-state index is -1.15. The number of hydrazine groups is 1. The number of β-lactam (4-membered cyclic amide) rings is 1. The van der Waals surface area contributed by atoms with Gasteiger partial charge in [0.15, 0.2) is 0 Å². The van der Waals surface area contributed by atoms with Crippen LogP contribution in [0.15, 0.2) is 36.3 Å². The number of carbonyl (C=O) groups excluding carboxylic acids is 1. The van der Waals surface area contributed by atoms with Crippen molar-refractivity contribution >= 4 is 28.8 Å². The Morgan fingerprint density at radius 1 is 1.42 bits per heavy atom. The van der Waals surface area contributed by atoms with Crippen LogP contribution in [0.5, 0.6) is 0 Å². The topological polar surface area (TPSA) is 131 Å². The van der Waals surface area contributed by atoms with Gasteiger partial charge in [-0.2, -0.15) is 0 Å². The Labute approximate surface area is 182 Å². The predicted octanol–water partition coefficient (Wildman–Crippen LogP) is 1.68. The van der Waals surface area contributed by atoms with Gasteiger partial charge in [0, 0.05) is 31.7 Å². The molecule has 1 fully saturated rings. The highest BCUT2D eigenvalue weighted by atomic mass is 16.4. The molecule has 2 aliphatic rings. The molecule has 6 N–H and O–H groups in total. The second-order valence-corrected chi connectivity index (χ2v) is 7.94. The van der Waals surface area contributed by atoms with Crippen LogP contribution in [0.25, 0.3) is 5.57 Å². The van der Waals surface area contributed by atoms with Crippen LogP contribution < -0.4 is 21.5 Å². The van der Waals surface area contributed by atoms with Gasteiger partial charge in [0.1, 0.15) is 5.70 Å². The summed E-state index contributed by atoms with van der Waals surface area (Å²) < 4.78 is 0. The highest BCUT2D eigenvalue weighted by molar-refractivity contribution is 6.06. The van der Waals surface area contributed by atoms with Gasteiger partial charge in [-0.3, -0.25) is 9.80 Å². The average molecular weight is 430 g/mol. The molecule has 0 aliphatic carbocycles. The van der Waals surface area contributed by atoms with E-state index in [0.29, 0.717) is 23.2 Å². The normalized spacial score (nSPS) is 21.2. The number of hydrogen-bond donors (Lipinski definition) is 5. The fraction of sp³-hybridized carbons (Fsp3) is 0.455. The Hall–Kier alpha value is -3.04. The highest BCUT2D eigenvalue weighted by Crippen LogP contribution is 2.47. The van der Waals surface area contributed by atoms with Crippen LogP contribution in [-0.4, -0.2) is 52.7 Å². The molecule has 168 valence electrons. The molecule has 9 heteroatoms. The summed E-state index contributed by atoms with van der Waals surface area (Å²) in [6, 6.07) is 5.26. The number of aliphatic hydroxyl groups is 1. The minimum absolute atomic E-state index is 0.0158. The maximum atomic E-state index is 12.5. The summed E-state index contributed by atoms with van der Waals surface area (Å²) in [5.74, 6) is 4.09. The van der Waals surface area contributed by atoms with E-state index < -0.39 is 18.0 Å². The molecule has 0 spiro atoms. The largest absolute Gasteiger partial charge is 0.477 e. The molecule has 3 atom stereocenters. The Morgan fingerprint density at radius 2 is 2.16 bits per heavy atom. The van der Waals surface area contributed by atoms with Crippen molar-refractivity contribution in [3.63, 3.8) is 0 Å². The summed E-state index contributed by atoms with van der Waals surface area (Å²) >= 11 is 0. The van der Waals surface area contributed by atoms with Crippen molar-refractivity contribution in [2.24, 2.45) is 11.8 Å². The van der Waals surface area contributed by atoms with E-state index in [1.54, 1.807) is 26.4 Å². The van der Waals surface area contributed by atoms with Crippen molar-refractivity contribution in [3.05, 3.63) is 41.9 Å². The zero-order chi connectivity index (χ0) is 22.7. The molecule has 1 amide bonds. The van der Waals surface area contributed by atoms with E-state index >= 15 is 0 Å². The molecule has 9 nitrogen and oxygen atoms in total. The number of aliphatic hydroxyl groups excluding tert-OH is 1. The number of aliphatic carboxylic acids is 1. The molecule has 0 radical (unpaired) electrons. The first kappa shape index (κ1) is 22.6. The van der Waals surface area contributed by atoms with Crippen molar-refractivity contribution < 1.29 is 19.8 Å². The number of fused-ring (bicyclic) bond motifs is 1. The maximum Gasteiger partial charge on any atom is 0.352 e. The van der Waals surface area contributed by atoms with Crippen LogP contribution in [0.2, 0.25) is 0 Å². The van der Waals surface area contributed by atoms with Crippen molar-refractivity contribution in [1.82, 2.24) is 10.2 Å². The van der Waals surface area contributed by atoms with Gasteiger partial charge in [-0.25, -0.2) is 10.6 Å². The van der Waals surface area contributed by atoms with Gasteiger partial charge < -0.3 is 25.7 Å². The van der Waals surface area contributed by atoms with E-state index in [2.05, 4.69) is 17.6 Å². The molecule has 2 heterocycles. The van der Waals surface area contributed by atoms with Crippen molar-refractivity contribution in [2.45, 2.75) is 45.3 Å². The van der Waals surface area contributed by atoms with Gasteiger partial charge in [-0.05, 0) is 49.1 Å². The van der Waals surface area contributed by atoms with Crippen LogP contribution in [0.1, 0.15) is 38.7 Å². The van der Waals surface area contributed by atoms with E-state index in [-0.39, 0.29) is 17.6 Å². The van der Waals surface area contributed by atoms with Crippen LogP contribution in [-0.2, 0) is 9.59 Å². The highest BCUT2D eigenvalue weighted by Gasteiger charge is 2.56. The molecule has 3 rings (SSSR count). The first-order valence-electron chi connectivity index (χ1n) is 10.5. The van der Waals surface area contributed by atoms with Crippen molar-refractivity contribution in [3.8, 4) is 0 Å². The van der Waals surface area contributed by atoms with Gasteiger partial charge in [0.05, 0.1) is 23.8 Å². The number of anilines is 2. The molecule has 1 unspecified atom stereocenters. The fourth-order valence-corrected chi connectivity index (χ4v) is 4.21. The summed E-state index contributed by atoms with van der Waals surface area (Å²) in [6.07, 6.45) is 4.93. The molecular weight excluding hydrogens is 398 g/mol. The number of benzene rings is 1. The molecule has 31 heavy (non-hydrogen) atoms. The molecule has 0 aromatic heterocycles. The van der Waals surface area contributed by atoms with E-state index in [0.717, 1.165) is 25.1 Å². The Morgan fingerprint density at radius 3 is 2.77 bits per heavy atom. The minimum Gasteiger partial charge on any atom is -0.477 e. The average Bonchev–Trinajstić information content (AvgIpc) is 3.07. The number of carbonyl (C=O) groups is 2. The predicted molar refractivity (Wildman–Crippen MR) is 120 cm³/mol. The third-order valence-electron chi connectivity index (χ3n) is 5.76. The number of nitrogens with two attached hydrogens (primary N) is 1. The molecular formula is C22H31N5O4. The summed E-state index contributed by atoms with van der Waals surface area (Å²) in [7, 11) is 1.76. The van der Waals surface area contributed by atoms with Crippen LogP contribution >= 0.6 is 0 Å². The first-order valence-corrected chi connectivity index (χ1v) is 10.5. The lowest BCUT2D eigenvalue weighted by molar-refractivity contribution is -0.161. The molecule has 1 saturated heterocycles. The lowest BCUT2D eigenvalue weighted by Crippen LogP contribution is -2.61. The number of carboxylic acids is 1. The number of nitrogens with one attached hydrogen (secondary N) is 2. The van der Waals surface area contributed by atoms with Crippen LogP contribution in [0.3, 0.4) is 0 Å². The Balaban J connectivity index is 2.03. The van der Waals surface area contributed by atoms with Gasteiger partial charge in [-0.15, -0.1) is 0 Å². The number of hydrogen-bond acceptors (Lipinski definition) is 7. The SMILES string of the molecule is CCCCNc1cc(C2=C(C(=O)O)N3C(=O)[C@H]([C@@H](C)O)C3C2)cc(N(N)/C=C\NC)c1. The van der Waals surface area contributed by atoms with Gasteiger partial charge >= 0.3 is 5.97 Å². The quantitative estimate of drug-likeness (QED) is 0.164. The molecule has 2 aliphatic heterocycles. The molecule has 1 aromatic carbocycles. The Kier molecular flexibility index (Phi) is 6.87. The fourth-order valence-electron chi connectivity index (χ4n) is 4.21.